The maximum atomic E-state index is 14.7. The third kappa shape index (κ3) is 6.61. The number of nitrogens with zero attached hydrogens (tertiary/aromatic N) is 1. The predicted molar refractivity (Wildman–Crippen MR) is 194 cm³/mol. The van der Waals surface area contributed by atoms with Crippen LogP contribution in [0, 0.1) is 0 Å². The second-order valence-electron chi connectivity index (χ2n) is 11.7. The number of hydrogen-bond donors (Lipinski definition) is 1. The molecule has 9 heteroatoms. The number of rotatable bonds is 11. The number of β-lactam (4-membered cyclic amide) rings is 1. The van der Waals surface area contributed by atoms with Gasteiger partial charge in [-0.2, -0.15) is 0 Å². The first kappa shape index (κ1) is 34.4. The first-order valence-electron chi connectivity index (χ1n) is 15.8. The smallest absolute Gasteiger partial charge is 0.356 e. The van der Waals surface area contributed by atoms with E-state index in [9.17, 15) is 14.4 Å². The molecule has 2 aliphatic rings. The lowest BCUT2D eigenvalue weighted by atomic mass is 10.0. The number of ether oxygens (including phenoxy) is 1. The minimum absolute atomic E-state index is 0. The molecular formula is C40H34BrN2O4PS. The summed E-state index contributed by atoms with van der Waals surface area (Å²) in [6.07, 6.45) is 0.403. The lowest BCUT2D eigenvalue weighted by Crippen LogP contribution is -3.00. The third-order valence-corrected chi connectivity index (χ3v) is 14.7. The predicted octanol–water partition coefficient (Wildman–Crippen LogP) is 2.60. The third-order valence-electron chi connectivity index (χ3n) is 8.94. The van der Waals surface area contributed by atoms with Gasteiger partial charge in [-0.05, 0) is 47.5 Å². The van der Waals surface area contributed by atoms with Gasteiger partial charge in [-0.3, -0.25) is 14.5 Å². The summed E-state index contributed by atoms with van der Waals surface area (Å²) in [5, 5.41) is 5.79. The maximum absolute atomic E-state index is 14.7. The van der Waals surface area contributed by atoms with Crippen molar-refractivity contribution in [1.82, 2.24) is 10.2 Å². The van der Waals surface area contributed by atoms with Gasteiger partial charge in [0, 0.05) is 11.3 Å². The Morgan fingerprint density at radius 2 is 1.18 bits per heavy atom. The molecule has 2 amide bonds. The van der Waals surface area contributed by atoms with Crippen LogP contribution in [0.1, 0.15) is 17.2 Å². The summed E-state index contributed by atoms with van der Waals surface area (Å²) in [5.74, 6) is -0.369. The summed E-state index contributed by atoms with van der Waals surface area (Å²) < 4.78 is 6.44. The van der Waals surface area contributed by atoms with Crippen LogP contribution < -0.4 is 38.2 Å². The van der Waals surface area contributed by atoms with E-state index >= 15 is 0 Å². The van der Waals surface area contributed by atoms with Crippen molar-refractivity contribution in [3.63, 3.8) is 0 Å². The number of fused-ring (bicyclic) bond motifs is 1. The zero-order valence-corrected chi connectivity index (χ0v) is 29.8. The standard InChI is InChI=1S/C40H33N2O4PS.BrH/c43-28-41-35-38(44)42-36(40(45)46-37(29-16-6-1-7-17-29)30-18-8-2-9-19-30)31(27-48-39(35)42)26-47(32-20-10-3-11-21-32,33-22-12-4-13-23-33)34-24-14-5-15-25-34;/h1-25,28,35,37,39H,26-27H2;1H/t35-,39-;/m1./s1. The molecule has 5 aromatic carbocycles. The molecule has 0 spiro atoms. The normalized spacial score (nSPS) is 17.0. The Morgan fingerprint density at radius 1 is 0.755 bits per heavy atom. The molecule has 0 radical (unpaired) electrons. The van der Waals surface area contributed by atoms with Crippen LogP contribution in [0.2, 0.25) is 0 Å². The van der Waals surface area contributed by atoms with Gasteiger partial charge in [0.15, 0.2) is 6.10 Å². The van der Waals surface area contributed by atoms with Crippen molar-refractivity contribution < 1.29 is 36.1 Å². The number of thioether (sulfide) groups is 1. The molecule has 1 saturated heterocycles. The number of nitrogens with one attached hydrogen (secondary N) is 1. The van der Waals surface area contributed by atoms with Crippen LogP contribution in [-0.4, -0.2) is 46.5 Å². The van der Waals surface area contributed by atoms with Crippen molar-refractivity contribution in [3.8, 4) is 0 Å². The number of amides is 2. The van der Waals surface area contributed by atoms with Gasteiger partial charge < -0.3 is 27.0 Å². The number of benzene rings is 5. The molecule has 7 rings (SSSR count). The monoisotopic (exact) mass is 748 g/mol. The minimum Gasteiger partial charge on any atom is -1.00 e. The first-order valence-corrected chi connectivity index (χ1v) is 18.9. The Kier molecular flexibility index (Phi) is 10.8. The zero-order chi connectivity index (χ0) is 32.9. The highest BCUT2D eigenvalue weighted by Crippen LogP contribution is 2.58. The second-order valence-corrected chi connectivity index (χ2v) is 16.3. The molecule has 0 unspecified atom stereocenters. The van der Waals surface area contributed by atoms with Gasteiger partial charge in [0.05, 0.1) is 6.16 Å². The fourth-order valence-electron chi connectivity index (χ4n) is 6.69. The lowest BCUT2D eigenvalue weighted by Gasteiger charge is -2.49. The summed E-state index contributed by atoms with van der Waals surface area (Å²) in [6.45, 7) is 0. The van der Waals surface area contributed by atoms with Gasteiger partial charge in [-0.25, -0.2) is 4.79 Å². The van der Waals surface area contributed by atoms with E-state index in [4.69, 9.17) is 4.74 Å². The van der Waals surface area contributed by atoms with E-state index in [-0.39, 0.29) is 28.6 Å². The molecule has 1 N–H and O–H groups in total. The fraction of sp³-hybridized carbons (Fsp3) is 0.125. The molecule has 1 fully saturated rings. The molecule has 0 aliphatic carbocycles. The van der Waals surface area contributed by atoms with Gasteiger partial charge in [0.1, 0.15) is 40.3 Å². The number of esters is 1. The Balaban J connectivity index is 0.00000417. The van der Waals surface area contributed by atoms with Crippen LogP contribution in [0.4, 0.5) is 0 Å². The SMILES string of the molecule is O=CN[C@@H]1C(=O)N2C(C(=O)OC(c3ccccc3)c3ccccc3)=C(C[P+](c3ccccc3)(c3ccccc3)c3ccccc3)CS[C@H]12.[Br-]. The number of carbonyl (C=O) groups is 3. The van der Waals surface area contributed by atoms with Gasteiger partial charge >= 0.3 is 5.97 Å². The Morgan fingerprint density at radius 3 is 1.61 bits per heavy atom. The molecule has 6 nitrogen and oxygen atoms in total. The summed E-state index contributed by atoms with van der Waals surface area (Å²) in [4.78, 5) is 41.4. The highest BCUT2D eigenvalue weighted by molar-refractivity contribution is 8.00. The topological polar surface area (TPSA) is 75.7 Å². The molecule has 0 saturated carbocycles. The molecule has 0 bridgehead atoms. The largest absolute Gasteiger partial charge is 1.00 e. The van der Waals surface area contributed by atoms with E-state index < -0.39 is 30.8 Å². The molecule has 246 valence electrons. The van der Waals surface area contributed by atoms with Crippen LogP contribution in [0.3, 0.4) is 0 Å². The molecule has 2 aliphatic heterocycles. The minimum atomic E-state index is -2.41. The van der Waals surface area contributed by atoms with E-state index in [1.54, 1.807) is 16.7 Å². The Bertz CT molecular complexity index is 1800. The van der Waals surface area contributed by atoms with Crippen molar-refractivity contribution in [3.05, 3.63) is 174 Å². The van der Waals surface area contributed by atoms with Gasteiger partial charge in [0.2, 0.25) is 6.41 Å². The van der Waals surface area contributed by atoms with Crippen molar-refractivity contribution in [2.45, 2.75) is 17.5 Å². The van der Waals surface area contributed by atoms with Crippen molar-refractivity contribution in [2.24, 2.45) is 0 Å². The highest BCUT2D eigenvalue weighted by atomic mass is 79.9. The van der Waals surface area contributed by atoms with Crippen LogP contribution in [-0.2, 0) is 19.1 Å². The Labute approximate surface area is 301 Å². The van der Waals surface area contributed by atoms with Crippen molar-refractivity contribution >= 4 is 53.2 Å². The molecule has 5 aromatic rings. The quantitative estimate of drug-likeness (QED) is 0.0974. The number of hydrogen-bond acceptors (Lipinski definition) is 5. The summed E-state index contributed by atoms with van der Waals surface area (Å²) in [7, 11) is -2.41. The average Bonchev–Trinajstić information content (AvgIpc) is 3.16. The van der Waals surface area contributed by atoms with Crippen molar-refractivity contribution in [1.29, 1.82) is 0 Å². The molecular weight excluding hydrogens is 715 g/mol. The molecule has 2 heterocycles. The second kappa shape index (κ2) is 15.4. The van der Waals surface area contributed by atoms with Gasteiger partial charge in [-0.1, -0.05) is 115 Å². The van der Waals surface area contributed by atoms with E-state index in [2.05, 4.69) is 78.1 Å². The summed E-state index contributed by atoms with van der Waals surface area (Å²) in [5.41, 5.74) is 2.78. The number of halogens is 1. The van der Waals surface area contributed by atoms with Crippen molar-refractivity contribution in [2.75, 3.05) is 11.9 Å². The maximum Gasteiger partial charge on any atom is 0.356 e. The average molecular weight is 750 g/mol. The van der Waals surface area contributed by atoms with E-state index in [1.165, 1.54) is 15.9 Å². The zero-order valence-electron chi connectivity index (χ0n) is 26.5. The molecule has 2 atom stereocenters. The van der Waals surface area contributed by atoms with E-state index in [1.807, 2.05) is 78.9 Å². The summed E-state index contributed by atoms with van der Waals surface area (Å²) in [6, 6.07) is 50.0. The summed E-state index contributed by atoms with van der Waals surface area (Å²) >= 11 is 1.57. The number of carbonyl (C=O) groups excluding carboxylic acids is 3. The van der Waals surface area contributed by atoms with Crippen LogP contribution in [0.5, 0.6) is 0 Å². The van der Waals surface area contributed by atoms with Gasteiger partial charge in [-0.15, -0.1) is 11.8 Å². The van der Waals surface area contributed by atoms with Gasteiger partial charge in [0.25, 0.3) is 5.91 Å². The van der Waals surface area contributed by atoms with E-state index in [0.29, 0.717) is 18.3 Å². The van der Waals surface area contributed by atoms with E-state index in [0.717, 1.165) is 16.7 Å². The lowest BCUT2D eigenvalue weighted by molar-refractivity contribution is -0.154. The molecule has 49 heavy (non-hydrogen) atoms. The molecule has 0 aromatic heterocycles. The fourth-order valence-corrected chi connectivity index (χ4v) is 12.5. The highest BCUT2D eigenvalue weighted by Gasteiger charge is 2.56. The van der Waals surface area contributed by atoms with Crippen LogP contribution in [0.15, 0.2) is 163 Å². The first-order chi connectivity index (χ1) is 23.6. The Hall–Kier alpha value is -4.49. The van der Waals surface area contributed by atoms with Crippen LogP contribution in [0.25, 0.3) is 0 Å². The van der Waals surface area contributed by atoms with Crippen LogP contribution >= 0.6 is 19.0 Å².